The number of aryl methyl sites for hydroxylation is 2. The van der Waals surface area contributed by atoms with Crippen LogP contribution in [-0.4, -0.2) is 11.8 Å². The highest BCUT2D eigenvalue weighted by Crippen LogP contribution is 2.40. The standard InChI is InChI=1S/C13H19NS/c1-8(2)14-12-7-15-13-10(4)5-9(3)6-11(12)13/h5-6,8,12,14H,7H2,1-4H3. The average molecular weight is 221 g/mol. The molecular weight excluding hydrogens is 202 g/mol. The minimum Gasteiger partial charge on any atom is -0.307 e. The van der Waals surface area contributed by atoms with Crippen LogP contribution in [0.2, 0.25) is 0 Å². The van der Waals surface area contributed by atoms with E-state index >= 15 is 0 Å². The molecule has 82 valence electrons. The molecule has 1 aromatic rings. The lowest BCUT2D eigenvalue weighted by atomic mass is 10.0. The number of hydrogen-bond acceptors (Lipinski definition) is 2. The molecule has 1 heterocycles. The SMILES string of the molecule is Cc1cc(C)c2c(c1)C(NC(C)C)CS2. The summed E-state index contributed by atoms with van der Waals surface area (Å²) < 4.78 is 0. The molecule has 1 aromatic carbocycles. The Morgan fingerprint density at radius 2 is 2.07 bits per heavy atom. The van der Waals surface area contributed by atoms with Gasteiger partial charge in [0.1, 0.15) is 0 Å². The fourth-order valence-corrected chi connectivity index (χ4v) is 3.50. The van der Waals surface area contributed by atoms with E-state index in [0.29, 0.717) is 12.1 Å². The van der Waals surface area contributed by atoms with Crippen LogP contribution >= 0.6 is 11.8 Å². The average Bonchev–Trinajstić information content (AvgIpc) is 2.48. The van der Waals surface area contributed by atoms with Gasteiger partial charge in [-0.05, 0) is 25.0 Å². The van der Waals surface area contributed by atoms with Crippen molar-refractivity contribution in [1.82, 2.24) is 5.32 Å². The highest BCUT2D eigenvalue weighted by molar-refractivity contribution is 7.99. The number of nitrogens with one attached hydrogen (secondary N) is 1. The number of rotatable bonds is 2. The molecule has 2 rings (SSSR count). The van der Waals surface area contributed by atoms with E-state index < -0.39 is 0 Å². The molecule has 0 saturated heterocycles. The summed E-state index contributed by atoms with van der Waals surface area (Å²) in [6.07, 6.45) is 0. The van der Waals surface area contributed by atoms with Crippen LogP contribution in [0.4, 0.5) is 0 Å². The van der Waals surface area contributed by atoms with Gasteiger partial charge >= 0.3 is 0 Å². The van der Waals surface area contributed by atoms with Crippen molar-refractivity contribution < 1.29 is 0 Å². The minimum atomic E-state index is 0.545. The Morgan fingerprint density at radius 1 is 1.33 bits per heavy atom. The summed E-state index contributed by atoms with van der Waals surface area (Å²) in [6.45, 7) is 8.83. The Bertz CT molecular complexity index is 371. The number of benzene rings is 1. The van der Waals surface area contributed by atoms with Gasteiger partial charge in [-0.2, -0.15) is 0 Å². The fourth-order valence-electron chi connectivity index (χ4n) is 2.24. The Labute approximate surface area is 96.7 Å². The maximum Gasteiger partial charge on any atom is 0.0428 e. The molecule has 0 saturated carbocycles. The van der Waals surface area contributed by atoms with E-state index in [2.05, 4.69) is 45.1 Å². The van der Waals surface area contributed by atoms with E-state index in [1.165, 1.54) is 27.3 Å². The van der Waals surface area contributed by atoms with Crippen molar-refractivity contribution in [2.45, 2.75) is 44.7 Å². The number of hydrogen-bond donors (Lipinski definition) is 1. The van der Waals surface area contributed by atoms with Crippen molar-refractivity contribution in [2.75, 3.05) is 5.75 Å². The monoisotopic (exact) mass is 221 g/mol. The third kappa shape index (κ3) is 2.21. The molecule has 1 N–H and O–H groups in total. The minimum absolute atomic E-state index is 0.545. The zero-order chi connectivity index (χ0) is 11.0. The summed E-state index contributed by atoms with van der Waals surface area (Å²) in [4.78, 5) is 1.50. The van der Waals surface area contributed by atoms with Crippen molar-refractivity contribution >= 4 is 11.8 Å². The smallest absolute Gasteiger partial charge is 0.0428 e. The van der Waals surface area contributed by atoms with Crippen LogP contribution in [0.5, 0.6) is 0 Å². The summed E-state index contributed by atoms with van der Waals surface area (Å²) >= 11 is 1.99. The number of fused-ring (bicyclic) bond motifs is 1. The molecule has 0 radical (unpaired) electrons. The van der Waals surface area contributed by atoms with Gasteiger partial charge in [-0.15, -0.1) is 11.8 Å². The summed E-state index contributed by atoms with van der Waals surface area (Å²) in [5.74, 6) is 1.18. The predicted molar refractivity (Wildman–Crippen MR) is 67.7 cm³/mol. The van der Waals surface area contributed by atoms with E-state index in [1.807, 2.05) is 11.8 Å². The highest BCUT2D eigenvalue weighted by Gasteiger charge is 2.24. The molecule has 1 unspecified atom stereocenters. The lowest BCUT2D eigenvalue weighted by Crippen LogP contribution is -2.28. The Kier molecular flexibility index (Phi) is 3.08. The van der Waals surface area contributed by atoms with Crippen molar-refractivity contribution in [3.8, 4) is 0 Å². The Balaban J connectivity index is 2.33. The van der Waals surface area contributed by atoms with Gasteiger partial charge in [0, 0.05) is 22.7 Å². The van der Waals surface area contributed by atoms with Gasteiger partial charge < -0.3 is 5.32 Å². The first-order valence-electron chi connectivity index (χ1n) is 5.58. The summed E-state index contributed by atoms with van der Waals surface area (Å²) in [5, 5.41) is 3.63. The van der Waals surface area contributed by atoms with E-state index in [9.17, 15) is 0 Å². The van der Waals surface area contributed by atoms with Crippen LogP contribution in [0.25, 0.3) is 0 Å². The Morgan fingerprint density at radius 3 is 2.73 bits per heavy atom. The molecule has 1 aliphatic heterocycles. The van der Waals surface area contributed by atoms with E-state index in [1.54, 1.807) is 0 Å². The predicted octanol–water partition coefficient (Wildman–Crippen LogP) is 3.45. The van der Waals surface area contributed by atoms with Crippen LogP contribution < -0.4 is 5.32 Å². The van der Waals surface area contributed by atoms with Crippen LogP contribution in [0.3, 0.4) is 0 Å². The largest absolute Gasteiger partial charge is 0.307 e. The van der Waals surface area contributed by atoms with Crippen LogP contribution in [-0.2, 0) is 0 Å². The second kappa shape index (κ2) is 4.18. The molecule has 1 aliphatic rings. The Hall–Kier alpha value is -0.470. The van der Waals surface area contributed by atoms with Crippen molar-refractivity contribution in [1.29, 1.82) is 0 Å². The van der Waals surface area contributed by atoms with Crippen LogP contribution in [0.15, 0.2) is 17.0 Å². The lowest BCUT2D eigenvalue weighted by Gasteiger charge is -2.17. The van der Waals surface area contributed by atoms with Gasteiger partial charge in [-0.1, -0.05) is 31.5 Å². The molecular formula is C13H19NS. The molecule has 15 heavy (non-hydrogen) atoms. The van der Waals surface area contributed by atoms with Crippen molar-refractivity contribution in [3.63, 3.8) is 0 Å². The van der Waals surface area contributed by atoms with E-state index in [0.717, 1.165) is 0 Å². The maximum atomic E-state index is 3.63. The molecule has 0 amide bonds. The van der Waals surface area contributed by atoms with Gasteiger partial charge in [0.15, 0.2) is 0 Å². The van der Waals surface area contributed by atoms with Gasteiger partial charge in [-0.3, -0.25) is 0 Å². The third-order valence-electron chi connectivity index (χ3n) is 2.75. The topological polar surface area (TPSA) is 12.0 Å². The lowest BCUT2D eigenvalue weighted by molar-refractivity contribution is 0.512. The van der Waals surface area contributed by atoms with Crippen LogP contribution in [0.1, 0.15) is 36.6 Å². The zero-order valence-corrected chi connectivity index (χ0v) is 10.7. The van der Waals surface area contributed by atoms with Gasteiger partial charge in [0.05, 0.1) is 0 Å². The molecule has 0 bridgehead atoms. The first-order valence-corrected chi connectivity index (χ1v) is 6.56. The quantitative estimate of drug-likeness (QED) is 0.821. The molecule has 0 fully saturated rings. The number of thioether (sulfide) groups is 1. The first-order chi connectivity index (χ1) is 7.08. The highest BCUT2D eigenvalue weighted by atomic mass is 32.2. The first kappa shape index (κ1) is 11.0. The van der Waals surface area contributed by atoms with E-state index in [4.69, 9.17) is 0 Å². The zero-order valence-electron chi connectivity index (χ0n) is 9.92. The van der Waals surface area contributed by atoms with Gasteiger partial charge in [0.2, 0.25) is 0 Å². The third-order valence-corrected chi connectivity index (χ3v) is 4.10. The fraction of sp³-hybridized carbons (Fsp3) is 0.538. The van der Waals surface area contributed by atoms with Gasteiger partial charge in [-0.25, -0.2) is 0 Å². The van der Waals surface area contributed by atoms with Gasteiger partial charge in [0.25, 0.3) is 0 Å². The summed E-state index contributed by atoms with van der Waals surface area (Å²) in [5.41, 5.74) is 4.32. The molecule has 1 nitrogen and oxygen atoms in total. The molecule has 1 atom stereocenters. The normalized spacial score (nSPS) is 19.7. The second-order valence-corrected chi connectivity index (χ2v) is 5.72. The van der Waals surface area contributed by atoms with Crippen molar-refractivity contribution in [3.05, 3.63) is 28.8 Å². The second-order valence-electron chi connectivity index (χ2n) is 4.69. The summed E-state index contributed by atoms with van der Waals surface area (Å²) in [6, 6.07) is 5.72. The van der Waals surface area contributed by atoms with Crippen molar-refractivity contribution in [2.24, 2.45) is 0 Å². The summed E-state index contributed by atoms with van der Waals surface area (Å²) in [7, 11) is 0. The van der Waals surface area contributed by atoms with Crippen LogP contribution in [0, 0.1) is 13.8 Å². The molecule has 0 aliphatic carbocycles. The maximum absolute atomic E-state index is 3.63. The van der Waals surface area contributed by atoms with E-state index in [-0.39, 0.29) is 0 Å². The molecule has 0 aromatic heterocycles. The molecule has 0 spiro atoms. The molecule has 2 heteroatoms.